The molecule has 107 heavy (non-hydrogen) atoms. The number of rotatable bonds is 22. The second kappa shape index (κ2) is 58.3. The number of azide groups is 1. The zero-order valence-corrected chi connectivity index (χ0v) is 70.3. The van der Waals surface area contributed by atoms with E-state index in [2.05, 4.69) is 45.1 Å². The van der Waals surface area contributed by atoms with Crippen LogP contribution in [0.2, 0.25) is 0 Å². The molecule has 6 aliphatic rings. The van der Waals surface area contributed by atoms with Crippen molar-refractivity contribution in [1.29, 1.82) is 0 Å². The topological polar surface area (TPSA) is 446 Å². The van der Waals surface area contributed by atoms with Crippen molar-refractivity contribution in [2.75, 3.05) is 113 Å². The number of alkyl carbamates (subject to hydrolysis) is 4. The average Bonchev–Trinajstić information content (AvgIpc) is 1.31. The number of aliphatic hydroxyl groups excluding tert-OH is 3. The van der Waals surface area contributed by atoms with Gasteiger partial charge in [-0.1, -0.05) is 30.2 Å². The summed E-state index contributed by atoms with van der Waals surface area (Å²) in [6.07, 6.45) is 14.5. The Hall–Kier alpha value is -4.57. The Morgan fingerprint density at radius 2 is 0.869 bits per heavy atom. The van der Waals surface area contributed by atoms with Crippen LogP contribution < -0.4 is 56.6 Å². The van der Waals surface area contributed by atoms with Crippen LogP contribution in [0.3, 0.4) is 0 Å². The van der Waals surface area contributed by atoms with Crippen molar-refractivity contribution in [3.63, 3.8) is 0 Å². The number of carbonyl (C=O) groups is 4. The van der Waals surface area contributed by atoms with Crippen molar-refractivity contribution < 1.29 is 124 Å². The zero-order chi connectivity index (χ0) is 79.7. The van der Waals surface area contributed by atoms with E-state index in [4.69, 9.17) is 84.1 Å². The van der Waals surface area contributed by atoms with Gasteiger partial charge in [0, 0.05) is 110 Å². The van der Waals surface area contributed by atoms with Crippen molar-refractivity contribution >= 4 is 34.5 Å². The van der Waals surface area contributed by atoms with Crippen molar-refractivity contribution in [1.82, 2.24) is 21.3 Å². The Balaban J connectivity index is -0.00000125. The molecule has 0 saturated carbocycles. The summed E-state index contributed by atoms with van der Waals surface area (Å²) >= 11 is 0. The molecule has 0 radical (unpaired) electrons. The van der Waals surface area contributed by atoms with Gasteiger partial charge < -0.3 is 101 Å². The van der Waals surface area contributed by atoms with Crippen LogP contribution in [0.1, 0.15) is 213 Å². The molecule has 6 heterocycles. The molecule has 4 amide bonds. The Morgan fingerprint density at radius 3 is 1.18 bits per heavy atom. The number of hydrogen-bond acceptors (Lipinski definition) is 22. The van der Waals surface area contributed by atoms with Crippen LogP contribution in [0.15, 0.2) is 34.3 Å². The standard InChI is InChI=1S/C20H31NO6S.C13H24N4O3.C13H26N2O3.C13H25NO4.C12H22O2.2CH4O.CH4.N3.Na/c1-15-7-9-18(10-8-15)28(23,24)26-14-17(12-16-6-5-11-25-13-16)21-19(22)27-20(2,3)4;1-13(2,3)20-12(18)16-11(8-15-17-14)7-10-5-4-6-19-9-10;1-13(2,3)18-12(16)15-11(8-14)7-10-5-4-6-17-9-10;1-13(2,3)18-12(16)14-11(8-15)7-10-5-4-6-17-9-10;1-12(2)7-11(9-14-12)6-10-4-3-5-13-8-10;2*1-2;;1-3-2;/h7-10,16-17H,5-6,11-14H2,1-4H3,(H,21,22);10-11H,4-9H2,1-3H3,(H,16,18);10-11H,4-9,14H2,1-3H3,(H,15,16);10-11,15H,4-9H2,1-3H3,(H,14,16);10-11H,3-9H2,1-2H3;2*2H,1H3;1H4;;/q;;;;;;;;-1;+1/t16-,17+;3*10-,11+;10-,11-;;;;;/m11111...../s1. The van der Waals surface area contributed by atoms with Crippen molar-refractivity contribution in [2.45, 2.75) is 271 Å². The van der Waals surface area contributed by atoms with Crippen LogP contribution in [-0.4, -0.2) is 213 Å². The fourth-order valence-corrected chi connectivity index (χ4v) is 13.0. The van der Waals surface area contributed by atoms with Crippen molar-refractivity contribution in [3.8, 4) is 0 Å². The SMILES string of the molecule is C.CC(C)(C)OC(=O)N[C@H](CN)C[C@H]1CCCOC1.CC(C)(C)OC(=O)N[C@H](CN=[N+]=[N-])C[C@H]1CCCOC1.CC(C)(C)OC(=O)N[C@H](CO)C[C@H]1CCCOC1.CC1(C)C[C@@H](C[C@H]2CCCOC2)CO1.CO.CO.Cc1ccc(S(=O)(=O)OC[C@H](C[C@H]2CCCOC2)NC(=O)OC(C)(C)C)cc1.[N-]=[N+]=[N-].[Na+]. The maximum absolute atomic E-state index is 12.5. The minimum Gasteiger partial charge on any atom is -0.444 e. The summed E-state index contributed by atoms with van der Waals surface area (Å²) in [6, 6.07) is 5.44. The molecule has 7 rings (SSSR count). The van der Waals surface area contributed by atoms with Crippen LogP contribution in [0, 0.1) is 42.4 Å². The second-order valence-electron chi connectivity index (χ2n) is 31.6. The molecule has 618 valence electrons. The quantitative estimate of drug-likeness (QED) is 0.0134. The number of nitrogens with two attached hydrogens (primary N) is 1. The minimum absolute atomic E-state index is 0. The normalized spacial score (nSPS) is 21.4. The van der Waals surface area contributed by atoms with E-state index < -0.39 is 62.9 Å². The summed E-state index contributed by atoms with van der Waals surface area (Å²) in [7, 11) is -1.91. The first-order valence-corrected chi connectivity index (χ1v) is 38.4. The van der Waals surface area contributed by atoms with E-state index >= 15 is 0 Å². The fourth-order valence-electron chi connectivity index (χ4n) is 12.1. The van der Waals surface area contributed by atoms with E-state index in [0.29, 0.717) is 50.5 Å². The summed E-state index contributed by atoms with van der Waals surface area (Å²) in [6.45, 7) is 37.3. The molecule has 0 aliphatic carbocycles. The van der Waals surface area contributed by atoms with Crippen molar-refractivity contribution in [2.24, 2.45) is 46.4 Å². The van der Waals surface area contributed by atoms with Crippen LogP contribution in [0.25, 0.3) is 26.4 Å². The number of aryl methyl sites for hydroxylation is 1. The molecular weight excluding hydrogens is 1420 g/mol. The van der Waals surface area contributed by atoms with Crippen LogP contribution in [0.5, 0.6) is 0 Å². The molecule has 33 heteroatoms. The molecule has 1 aromatic carbocycles. The molecular formula is C74H140N11NaO20S. The first-order valence-electron chi connectivity index (χ1n) is 37.0. The average molecular weight is 1560 g/mol. The molecule has 0 unspecified atom stereocenters. The summed E-state index contributed by atoms with van der Waals surface area (Å²) in [4.78, 5) is 51.5. The third kappa shape index (κ3) is 57.2. The van der Waals surface area contributed by atoms with Crippen LogP contribution >= 0.6 is 0 Å². The van der Waals surface area contributed by atoms with Gasteiger partial charge in [-0.3, -0.25) is 9.09 Å². The Bertz CT molecular complexity index is 2630. The van der Waals surface area contributed by atoms with Gasteiger partial charge in [0.15, 0.2) is 0 Å². The number of hydrogen-bond donors (Lipinski definition) is 8. The van der Waals surface area contributed by atoms with Crippen LogP contribution in [0.4, 0.5) is 19.2 Å². The molecule has 6 aliphatic heterocycles. The molecule has 0 spiro atoms. The Morgan fingerprint density at radius 1 is 0.551 bits per heavy atom. The monoisotopic (exact) mass is 1560 g/mol. The predicted octanol–water partition coefficient (Wildman–Crippen LogP) is 10.1. The molecule has 1 aromatic rings. The number of nitrogens with one attached hydrogen (secondary N) is 4. The second-order valence-corrected chi connectivity index (χ2v) is 33.2. The largest absolute Gasteiger partial charge is 1.00 e. The molecule has 0 bridgehead atoms. The minimum atomic E-state index is -3.91. The third-order valence-corrected chi connectivity index (χ3v) is 17.7. The molecule has 6 saturated heterocycles. The maximum atomic E-state index is 12.5. The van der Waals surface area contributed by atoms with Gasteiger partial charge in [0.2, 0.25) is 0 Å². The maximum Gasteiger partial charge on any atom is 1.00 e. The van der Waals surface area contributed by atoms with E-state index in [0.717, 1.165) is 155 Å². The van der Waals surface area contributed by atoms with Gasteiger partial charge in [0.05, 0.1) is 42.4 Å². The number of benzene rings is 1. The zero-order valence-electron chi connectivity index (χ0n) is 67.5. The number of amides is 4. The van der Waals surface area contributed by atoms with Gasteiger partial charge in [0.1, 0.15) is 22.4 Å². The molecule has 0 aromatic heterocycles. The van der Waals surface area contributed by atoms with Crippen LogP contribution in [-0.2, 0) is 61.7 Å². The van der Waals surface area contributed by atoms with Gasteiger partial charge in [-0.05, 0) is 260 Å². The fraction of sp³-hybridized carbons (Fsp3) is 0.865. The van der Waals surface area contributed by atoms with E-state index in [-0.39, 0.29) is 91.3 Å². The summed E-state index contributed by atoms with van der Waals surface area (Å²) < 4.78 is 84.1. The van der Waals surface area contributed by atoms with Crippen molar-refractivity contribution in [3.05, 3.63) is 56.2 Å². The van der Waals surface area contributed by atoms with Gasteiger partial charge in [0.25, 0.3) is 10.1 Å². The first kappa shape index (κ1) is 107. The number of ether oxygens (including phenoxy) is 10. The first-order chi connectivity index (χ1) is 49.3. The van der Waals surface area contributed by atoms with Gasteiger partial charge in [-0.2, -0.15) is 8.42 Å². The Kier molecular flexibility index (Phi) is 58.1. The van der Waals surface area contributed by atoms with Gasteiger partial charge >= 0.3 is 53.9 Å². The molecule has 9 N–H and O–H groups in total. The van der Waals surface area contributed by atoms with Gasteiger partial charge in [-0.25, -0.2) is 19.2 Å². The summed E-state index contributed by atoms with van der Waals surface area (Å²) in [5, 5.41) is 37.9. The Labute approximate surface area is 662 Å². The smallest absolute Gasteiger partial charge is 0.444 e. The number of carbonyl (C=O) groups excluding carboxylic acids is 4. The number of nitrogens with zero attached hydrogens (tertiary/aromatic N) is 6. The molecule has 10 atom stereocenters. The molecule has 6 fully saturated rings. The van der Waals surface area contributed by atoms with E-state index in [9.17, 15) is 32.7 Å². The van der Waals surface area contributed by atoms with Gasteiger partial charge in [-0.15, -0.1) is 0 Å². The summed E-state index contributed by atoms with van der Waals surface area (Å²) in [5.74, 6) is 3.09. The molecule has 31 nitrogen and oxygen atoms in total. The van der Waals surface area contributed by atoms with E-state index in [1.807, 2.05) is 69.2 Å². The van der Waals surface area contributed by atoms with E-state index in [1.165, 1.54) is 42.7 Å². The third-order valence-electron chi connectivity index (χ3n) is 16.4. The van der Waals surface area contributed by atoms with E-state index in [1.54, 1.807) is 32.9 Å². The predicted molar refractivity (Wildman–Crippen MR) is 409 cm³/mol. The summed E-state index contributed by atoms with van der Waals surface area (Å²) in [5.41, 5.74) is 26.5. The number of aliphatic hydroxyl groups is 3.